The first-order valence-corrected chi connectivity index (χ1v) is 25.8. The van der Waals surface area contributed by atoms with Gasteiger partial charge in [-0.05, 0) is 170 Å². The van der Waals surface area contributed by atoms with Gasteiger partial charge in [0, 0.05) is 27.1 Å². The average Bonchev–Trinajstić information content (AvgIpc) is 4.13. The topological polar surface area (TPSA) is 33.6 Å². The molecule has 0 spiro atoms. The van der Waals surface area contributed by atoms with Gasteiger partial charge in [0.15, 0.2) is 0 Å². The summed E-state index contributed by atoms with van der Waals surface area (Å²) < 4.78 is 50.4. The molecule has 0 N–H and O–H groups in total. The largest absolute Gasteiger partial charge is 0.417 e. The molecule has 0 aliphatic heterocycles. The van der Waals surface area contributed by atoms with E-state index in [1.165, 1.54) is 23.3 Å². The van der Waals surface area contributed by atoms with Crippen LogP contribution in [0, 0.1) is 66.7 Å². The Balaban J connectivity index is 1.28. The van der Waals surface area contributed by atoms with Gasteiger partial charge in [0.1, 0.15) is 0 Å². The number of nitriles is 1. The minimum absolute atomic E-state index is 0.0662. The van der Waals surface area contributed by atoms with E-state index >= 15 is 13.2 Å². The third-order valence-corrected chi connectivity index (χ3v) is 15.5. The summed E-state index contributed by atoms with van der Waals surface area (Å²) in [6.45, 7) is 16.9. The van der Waals surface area contributed by atoms with Gasteiger partial charge in [-0.15, -0.1) is 0 Å². The maximum absolute atomic E-state index is 15.3. The van der Waals surface area contributed by atoms with E-state index in [0.717, 1.165) is 128 Å². The van der Waals surface area contributed by atoms with Crippen LogP contribution in [-0.4, -0.2) is 9.13 Å². The zero-order valence-corrected chi connectivity index (χ0v) is 43.8. The summed E-state index contributed by atoms with van der Waals surface area (Å²) in [7, 11) is 0. The van der Waals surface area contributed by atoms with Crippen LogP contribution in [0.4, 0.5) is 13.2 Å². The molecule has 370 valence electrons. The SMILES string of the molecule is Cc1ccc(-c2ccc3c4ccc(-c5ccc(C)cc5C)cc4n(-c4cc(C#N)c(-c5ccccc5C(F)(F)F)cc4-n4c5cc(-c6ccc(C)cc6C)ccc5c5ccc(-c6ccc(C)cc6C)cc54)c3c2)c(C)c1. The molecule has 0 unspecified atom stereocenters. The summed E-state index contributed by atoms with van der Waals surface area (Å²) in [5.41, 5.74) is 21.9. The number of hydrogen-bond donors (Lipinski definition) is 0. The van der Waals surface area contributed by atoms with Crippen molar-refractivity contribution >= 4 is 43.6 Å². The molecular weight excluding hydrogens is 940 g/mol. The van der Waals surface area contributed by atoms with Crippen molar-refractivity contribution in [1.29, 1.82) is 5.26 Å². The molecule has 0 amide bonds. The van der Waals surface area contributed by atoms with Gasteiger partial charge in [0.2, 0.25) is 0 Å². The van der Waals surface area contributed by atoms with E-state index in [1.54, 1.807) is 6.07 Å². The quantitative estimate of drug-likeness (QED) is 0.157. The van der Waals surface area contributed by atoms with Gasteiger partial charge in [0.05, 0.1) is 50.6 Å². The zero-order chi connectivity index (χ0) is 52.9. The maximum atomic E-state index is 15.3. The summed E-state index contributed by atoms with van der Waals surface area (Å²) in [4.78, 5) is 0. The Morgan fingerprint density at radius 2 is 0.671 bits per heavy atom. The first-order valence-electron chi connectivity index (χ1n) is 25.8. The zero-order valence-electron chi connectivity index (χ0n) is 43.8. The number of hydrogen-bond acceptors (Lipinski definition) is 1. The van der Waals surface area contributed by atoms with Crippen molar-refractivity contribution in [2.45, 2.75) is 61.6 Å². The molecule has 0 aliphatic carbocycles. The van der Waals surface area contributed by atoms with Crippen molar-refractivity contribution in [2.24, 2.45) is 0 Å². The molecule has 76 heavy (non-hydrogen) atoms. The van der Waals surface area contributed by atoms with Gasteiger partial charge < -0.3 is 9.13 Å². The third-order valence-electron chi connectivity index (χ3n) is 15.5. The number of fused-ring (bicyclic) bond motifs is 6. The monoisotopic (exact) mass is 993 g/mol. The molecular formula is C70H54F3N3. The molecule has 0 radical (unpaired) electrons. The number of alkyl halides is 3. The summed E-state index contributed by atoms with van der Waals surface area (Å²) in [5, 5.41) is 15.3. The van der Waals surface area contributed by atoms with Crippen molar-refractivity contribution in [1.82, 2.24) is 9.13 Å². The molecule has 2 aromatic heterocycles. The molecule has 12 aromatic rings. The maximum Gasteiger partial charge on any atom is 0.417 e. The Hall–Kier alpha value is -8.92. The minimum Gasteiger partial charge on any atom is -0.307 e. The van der Waals surface area contributed by atoms with Crippen LogP contribution in [0.5, 0.6) is 0 Å². The molecule has 3 nitrogen and oxygen atoms in total. The molecule has 0 saturated carbocycles. The minimum atomic E-state index is -4.70. The lowest BCUT2D eigenvalue weighted by atomic mass is 9.93. The van der Waals surface area contributed by atoms with Crippen LogP contribution in [-0.2, 0) is 6.18 Å². The van der Waals surface area contributed by atoms with E-state index in [1.807, 2.05) is 12.1 Å². The molecule has 0 atom stereocenters. The van der Waals surface area contributed by atoms with E-state index < -0.39 is 11.7 Å². The number of aryl methyl sites for hydroxylation is 8. The highest BCUT2D eigenvalue weighted by Gasteiger charge is 2.35. The molecule has 0 aliphatic rings. The predicted molar refractivity (Wildman–Crippen MR) is 310 cm³/mol. The van der Waals surface area contributed by atoms with Crippen LogP contribution < -0.4 is 0 Å². The fraction of sp³-hybridized carbons (Fsp3) is 0.129. The van der Waals surface area contributed by atoms with Crippen molar-refractivity contribution in [3.05, 3.63) is 238 Å². The van der Waals surface area contributed by atoms with E-state index in [2.05, 4.69) is 216 Å². The standard InChI is InChI=1S/C70H54F3N3/c1-40-13-21-53(44(5)29-40)48-17-25-58-59-26-18-49(54-22-14-41(2)30-45(54)6)34-65(59)75(64(58)33-48)68-37-52(39-74)62(57-11-9-10-12-63(57)70(71,72)73)38-69(68)76-66-35-50(55-23-15-42(3)31-46(55)7)19-27-60(66)61-28-20-51(36-67(61)76)56-24-16-43(4)32-47(56)8/h9-38H,1-8H3. The van der Waals surface area contributed by atoms with E-state index in [0.29, 0.717) is 11.4 Å². The van der Waals surface area contributed by atoms with Crippen LogP contribution in [0.1, 0.15) is 55.6 Å². The Morgan fingerprint density at radius 3 is 0.987 bits per heavy atom. The van der Waals surface area contributed by atoms with Gasteiger partial charge in [-0.3, -0.25) is 0 Å². The Labute approximate surface area is 441 Å². The number of nitrogens with zero attached hydrogens (tertiary/aromatic N) is 3. The Kier molecular flexibility index (Phi) is 11.5. The Bertz CT molecular complexity index is 4220. The van der Waals surface area contributed by atoms with Crippen molar-refractivity contribution < 1.29 is 13.2 Å². The Morgan fingerprint density at radius 1 is 0.342 bits per heavy atom. The van der Waals surface area contributed by atoms with Gasteiger partial charge in [-0.1, -0.05) is 162 Å². The van der Waals surface area contributed by atoms with Crippen molar-refractivity contribution in [3.8, 4) is 73.1 Å². The van der Waals surface area contributed by atoms with Crippen LogP contribution in [0.25, 0.3) is 111 Å². The average molecular weight is 994 g/mol. The lowest BCUT2D eigenvalue weighted by molar-refractivity contribution is -0.137. The van der Waals surface area contributed by atoms with Gasteiger partial charge in [-0.2, -0.15) is 18.4 Å². The second-order valence-electron chi connectivity index (χ2n) is 20.9. The summed E-state index contributed by atoms with van der Waals surface area (Å²) in [6.07, 6.45) is -4.70. The molecule has 10 aromatic carbocycles. The lowest BCUT2D eigenvalue weighted by Crippen LogP contribution is -2.09. The molecule has 0 fully saturated rings. The number of benzene rings is 10. The van der Waals surface area contributed by atoms with Crippen LogP contribution >= 0.6 is 0 Å². The van der Waals surface area contributed by atoms with Crippen LogP contribution in [0.3, 0.4) is 0 Å². The highest BCUT2D eigenvalue weighted by atomic mass is 19.4. The van der Waals surface area contributed by atoms with E-state index in [4.69, 9.17) is 0 Å². The summed E-state index contributed by atoms with van der Waals surface area (Å²) in [6, 6.07) is 63.9. The molecule has 2 heterocycles. The highest BCUT2D eigenvalue weighted by molar-refractivity contribution is 6.14. The predicted octanol–water partition coefficient (Wildman–Crippen LogP) is 19.6. The van der Waals surface area contributed by atoms with Crippen molar-refractivity contribution in [3.63, 3.8) is 0 Å². The normalized spacial score (nSPS) is 11.9. The van der Waals surface area contributed by atoms with E-state index in [-0.39, 0.29) is 16.7 Å². The third kappa shape index (κ3) is 8.06. The second kappa shape index (κ2) is 18.2. The smallest absolute Gasteiger partial charge is 0.307 e. The summed E-state index contributed by atoms with van der Waals surface area (Å²) in [5.74, 6) is 0. The highest BCUT2D eigenvalue weighted by Crippen LogP contribution is 2.46. The molecule has 0 saturated heterocycles. The first-order chi connectivity index (χ1) is 36.5. The summed E-state index contributed by atoms with van der Waals surface area (Å²) >= 11 is 0. The molecule has 6 heteroatoms. The first kappa shape index (κ1) is 48.0. The number of rotatable bonds is 7. The van der Waals surface area contributed by atoms with Crippen LogP contribution in [0.2, 0.25) is 0 Å². The van der Waals surface area contributed by atoms with Gasteiger partial charge in [0.25, 0.3) is 0 Å². The van der Waals surface area contributed by atoms with Crippen molar-refractivity contribution in [2.75, 3.05) is 0 Å². The molecule has 12 rings (SSSR count). The number of halogens is 3. The van der Waals surface area contributed by atoms with E-state index in [9.17, 15) is 5.26 Å². The second-order valence-corrected chi connectivity index (χ2v) is 20.9. The fourth-order valence-corrected chi connectivity index (χ4v) is 12.0. The van der Waals surface area contributed by atoms with Gasteiger partial charge in [-0.25, -0.2) is 0 Å². The van der Waals surface area contributed by atoms with Gasteiger partial charge >= 0.3 is 6.18 Å². The number of aromatic nitrogens is 2. The van der Waals surface area contributed by atoms with Crippen LogP contribution in [0.15, 0.2) is 182 Å². The fourth-order valence-electron chi connectivity index (χ4n) is 12.0. The lowest BCUT2D eigenvalue weighted by Gasteiger charge is -2.21. The molecule has 0 bridgehead atoms.